The molecule has 3 rings (SSSR count). The number of nitrogens with zero attached hydrogens (tertiary/aromatic N) is 1. The predicted octanol–water partition coefficient (Wildman–Crippen LogP) is 4.60. The Morgan fingerprint density at radius 2 is 2.12 bits per heavy atom. The average molecular weight is 396 g/mol. The summed E-state index contributed by atoms with van der Waals surface area (Å²) in [6.45, 7) is 0. The van der Waals surface area contributed by atoms with E-state index in [-0.39, 0.29) is 22.4 Å². The number of ether oxygens (including phenoxy) is 1. The van der Waals surface area contributed by atoms with Gasteiger partial charge in [-0.05, 0) is 42.0 Å². The summed E-state index contributed by atoms with van der Waals surface area (Å²) in [5.74, 6) is -0.790. The first-order valence-electron chi connectivity index (χ1n) is 7.00. The fourth-order valence-electron chi connectivity index (χ4n) is 2.29. The second-order valence-electron chi connectivity index (χ2n) is 5.05. The van der Waals surface area contributed by atoms with Crippen LogP contribution in [0.3, 0.4) is 0 Å². The number of thiocarbonyl (C=S) groups is 1. The van der Waals surface area contributed by atoms with Gasteiger partial charge in [-0.1, -0.05) is 41.6 Å². The molecule has 1 heterocycles. The van der Waals surface area contributed by atoms with E-state index in [4.69, 9.17) is 28.6 Å². The lowest BCUT2D eigenvalue weighted by molar-refractivity contribution is -0.113. The summed E-state index contributed by atoms with van der Waals surface area (Å²) in [5, 5.41) is 9.88. The van der Waals surface area contributed by atoms with Gasteiger partial charge in [0.2, 0.25) is 0 Å². The van der Waals surface area contributed by atoms with E-state index in [1.54, 1.807) is 18.2 Å². The maximum Gasteiger partial charge on any atom is 0.270 e. The number of methoxy groups -OCH3 is 1. The zero-order valence-electron chi connectivity index (χ0n) is 12.8. The van der Waals surface area contributed by atoms with E-state index in [2.05, 4.69) is 0 Å². The first-order chi connectivity index (χ1) is 11.9. The molecular weight excluding hydrogens is 385 g/mol. The van der Waals surface area contributed by atoms with Crippen LogP contribution in [0.15, 0.2) is 41.3 Å². The summed E-state index contributed by atoms with van der Waals surface area (Å²) >= 11 is 12.3. The largest absolute Gasteiger partial charge is 0.503 e. The van der Waals surface area contributed by atoms with Crippen LogP contribution in [0.1, 0.15) is 5.56 Å². The van der Waals surface area contributed by atoms with Gasteiger partial charge in [-0.15, -0.1) is 0 Å². The molecular formula is C17H11ClFNO3S2. The van der Waals surface area contributed by atoms with Gasteiger partial charge in [0, 0.05) is 0 Å². The van der Waals surface area contributed by atoms with Crippen molar-refractivity contribution in [2.24, 2.45) is 0 Å². The molecule has 128 valence electrons. The number of carbonyl (C=O) groups excluding carboxylic acids is 1. The molecule has 2 aromatic rings. The van der Waals surface area contributed by atoms with Crippen molar-refractivity contribution in [3.8, 4) is 11.5 Å². The van der Waals surface area contributed by atoms with Gasteiger partial charge in [0.05, 0.1) is 22.7 Å². The lowest BCUT2D eigenvalue weighted by Gasteiger charge is -2.14. The standard InChI is InChI=1S/C17H11ClFNO3S2/c1-23-13-6-9(5-12(18)15(13)21)7-14-16(22)20(17(24)25-14)11-4-2-3-10(19)8-11/h2-8,21H,1H3/b14-7+. The third-order valence-electron chi connectivity index (χ3n) is 3.43. The van der Waals surface area contributed by atoms with Gasteiger partial charge >= 0.3 is 0 Å². The maximum atomic E-state index is 13.4. The van der Waals surface area contributed by atoms with Crippen molar-refractivity contribution in [3.63, 3.8) is 0 Å². The van der Waals surface area contributed by atoms with Crippen LogP contribution in [0.25, 0.3) is 6.08 Å². The average Bonchev–Trinajstić information content (AvgIpc) is 2.84. The van der Waals surface area contributed by atoms with E-state index >= 15 is 0 Å². The molecule has 4 nitrogen and oxygen atoms in total. The Balaban J connectivity index is 1.97. The van der Waals surface area contributed by atoms with Crippen molar-refractivity contribution >= 4 is 57.6 Å². The van der Waals surface area contributed by atoms with Crippen LogP contribution in [0.5, 0.6) is 11.5 Å². The predicted molar refractivity (Wildman–Crippen MR) is 102 cm³/mol. The minimum Gasteiger partial charge on any atom is -0.503 e. The Bertz CT molecular complexity index is 917. The fourth-order valence-corrected chi connectivity index (χ4v) is 3.81. The molecule has 1 aliphatic heterocycles. The number of phenolic OH excluding ortho intramolecular Hbond substituents is 1. The zero-order chi connectivity index (χ0) is 18.1. The molecule has 1 saturated heterocycles. The highest BCUT2D eigenvalue weighted by Crippen LogP contribution is 2.39. The number of hydrogen-bond donors (Lipinski definition) is 1. The number of carbonyl (C=O) groups is 1. The minimum atomic E-state index is -0.453. The topological polar surface area (TPSA) is 49.8 Å². The van der Waals surface area contributed by atoms with Crippen LogP contribution in [-0.2, 0) is 4.79 Å². The number of halogens is 2. The van der Waals surface area contributed by atoms with Gasteiger partial charge in [-0.25, -0.2) is 4.39 Å². The van der Waals surface area contributed by atoms with Gasteiger partial charge in [0.25, 0.3) is 5.91 Å². The monoisotopic (exact) mass is 395 g/mol. The van der Waals surface area contributed by atoms with Gasteiger partial charge in [0.1, 0.15) is 5.82 Å². The number of benzene rings is 2. The Morgan fingerprint density at radius 3 is 2.80 bits per heavy atom. The van der Waals surface area contributed by atoms with E-state index in [1.165, 1.54) is 36.3 Å². The first-order valence-corrected chi connectivity index (χ1v) is 8.61. The van der Waals surface area contributed by atoms with Gasteiger partial charge < -0.3 is 9.84 Å². The highest BCUT2D eigenvalue weighted by Gasteiger charge is 2.33. The SMILES string of the molecule is COc1cc(/C=C2/SC(=S)N(c3cccc(F)c3)C2=O)cc(Cl)c1O. The van der Waals surface area contributed by atoms with Crippen molar-refractivity contribution < 1.29 is 19.0 Å². The molecule has 0 aliphatic carbocycles. The number of phenols is 1. The summed E-state index contributed by atoms with van der Waals surface area (Å²) in [6, 6.07) is 8.72. The Kier molecular flexibility index (Phi) is 4.99. The molecule has 1 amide bonds. The first kappa shape index (κ1) is 17.7. The molecule has 25 heavy (non-hydrogen) atoms. The molecule has 0 atom stereocenters. The van der Waals surface area contributed by atoms with Crippen LogP contribution in [-0.4, -0.2) is 22.4 Å². The third kappa shape index (κ3) is 3.49. The number of amides is 1. The summed E-state index contributed by atoms with van der Waals surface area (Å²) < 4.78 is 18.8. The van der Waals surface area contributed by atoms with Crippen LogP contribution in [0.2, 0.25) is 5.02 Å². The molecule has 8 heteroatoms. The molecule has 0 bridgehead atoms. The highest BCUT2D eigenvalue weighted by molar-refractivity contribution is 8.27. The second kappa shape index (κ2) is 7.03. The maximum absolute atomic E-state index is 13.4. The van der Waals surface area contributed by atoms with E-state index in [1.807, 2.05) is 0 Å². The minimum absolute atomic E-state index is 0.103. The van der Waals surface area contributed by atoms with Crippen molar-refractivity contribution in [2.75, 3.05) is 12.0 Å². The lowest BCUT2D eigenvalue weighted by atomic mass is 10.1. The number of aromatic hydroxyl groups is 1. The third-order valence-corrected chi connectivity index (χ3v) is 5.02. The van der Waals surface area contributed by atoms with Crippen LogP contribution >= 0.6 is 35.6 Å². The fraction of sp³-hybridized carbons (Fsp3) is 0.0588. The normalized spacial score (nSPS) is 16.0. The van der Waals surface area contributed by atoms with Crippen LogP contribution in [0.4, 0.5) is 10.1 Å². The summed E-state index contributed by atoms with van der Waals surface area (Å²) in [5.41, 5.74) is 0.937. The molecule has 1 fully saturated rings. The van der Waals surface area contributed by atoms with Crippen molar-refractivity contribution in [1.29, 1.82) is 0 Å². The van der Waals surface area contributed by atoms with E-state index < -0.39 is 5.82 Å². The number of rotatable bonds is 3. The van der Waals surface area contributed by atoms with Gasteiger partial charge in [0.15, 0.2) is 15.8 Å². The smallest absolute Gasteiger partial charge is 0.270 e. The Morgan fingerprint density at radius 1 is 1.36 bits per heavy atom. The van der Waals surface area contributed by atoms with Crippen molar-refractivity contribution in [1.82, 2.24) is 0 Å². The summed E-state index contributed by atoms with van der Waals surface area (Å²) in [4.78, 5) is 14.3. The Hall–Kier alpha value is -2.09. The second-order valence-corrected chi connectivity index (χ2v) is 7.13. The molecule has 0 radical (unpaired) electrons. The lowest BCUT2D eigenvalue weighted by Crippen LogP contribution is -2.27. The van der Waals surface area contributed by atoms with Gasteiger partial charge in [-0.2, -0.15) is 0 Å². The van der Waals surface area contributed by atoms with E-state index in [9.17, 15) is 14.3 Å². The molecule has 0 spiro atoms. The summed E-state index contributed by atoms with van der Waals surface area (Å²) in [7, 11) is 1.40. The van der Waals surface area contributed by atoms with Crippen molar-refractivity contribution in [3.05, 3.63) is 57.7 Å². The Labute approximate surface area is 157 Å². The van der Waals surface area contributed by atoms with Crippen LogP contribution in [0, 0.1) is 5.82 Å². The highest BCUT2D eigenvalue weighted by atomic mass is 35.5. The van der Waals surface area contributed by atoms with Crippen molar-refractivity contribution in [2.45, 2.75) is 0 Å². The number of thioether (sulfide) groups is 1. The molecule has 2 aromatic carbocycles. The molecule has 1 N–H and O–H groups in total. The zero-order valence-corrected chi connectivity index (χ0v) is 15.2. The summed E-state index contributed by atoms with van der Waals surface area (Å²) in [6.07, 6.45) is 1.59. The molecule has 0 unspecified atom stereocenters. The molecule has 0 aromatic heterocycles. The number of anilines is 1. The van der Waals surface area contributed by atoms with Crippen LogP contribution < -0.4 is 9.64 Å². The van der Waals surface area contributed by atoms with E-state index in [0.717, 1.165) is 11.8 Å². The number of hydrogen-bond acceptors (Lipinski definition) is 5. The molecule has 1 aliphatic rings. The van der Waals surface area contributed by atoms with Gasteiger partial charge in [-0.3, -0.25) is 9.69 Å². The quantitative estimate of drug-likeness (QED) is 0.608. The van der Waals surface area contributed by atoms with E-state index in [0.29, 0.717) is 20.5 Å². The molecule has 0 saturated carbocycles.